The highest BCUT2D eigenvalue weighted by Crippen LogP contribution is 2.47. The average molecular weight is 416 g/mol. The molecule has 1 N–H and O–H groups in total. The summed E-state index contributed by atoms with van der Waals surface area (Å²) < 4.78 is 1.12. The van der Waals surface area contributed by atoms with Crippen LogP contribution in [-0.2, 0) is 9.59 Å². The Balaban J connectivity index is 1.77. The van der Waals surface area contributed by atoms with Crippen molar-refractivity contribution >= 4 is 51.9 Å². The number of halogens is 1. The van der Waals surface area contributed by atoms with Crippen LogP contribution in [0, 0.1) is 10.5 Å². The Morgan fingerprint density at radius 1 is 1.52 bits per heavy atom. The van der Waals surface area contributed by atoms with Crippen LogP contribution in [0.2, 0.25) is 0 Å². The highest BCUT2D eigenvalue weighted by atomic mass is 127. The fourth-order valence-electron chi connectivity index (χ4n) is 2.91. The molecule has 3 rings (SSSR count). The van der Waals surface area contributed by atoms with Gasteiger partial charge in [-0.05, 0) is 60.6 Å². The van der Waals surface area contributed by atoms with E-state index in [9.17, 15) is 9.59 Å². The molecule has 2 aliphatic rings. The van der Waals surface area contributed by atoms with Crippen LogP contribution in [0.5, 0.6) is 0 Å². The fourth-order valence-corrected chi connectivity index (χ4v) is 4.86. The molecule has 2 unspecified atom stereocenters. The molecule has 2 atom stereocenters. The first-order valence-corrected chi connectivity index (χ1v) is 9.00. The van der Waals surface area contributed by atoms with Gasteiger partial charge in [0.25, 0.3) is 0 Å². The molecular weight excluding hydrogens is 399 g/mol. The summed E-state index contributed by atoms with van der Waals surface area (Å²) in [5, 5.41) is 2.95. The van der Waals surface area contributed by atoms with Gasteiger partial charge in [0.15, 0.2) is 0 Å². The highest BCUT2D eigenvalue weighted by molar-refractivity contribution is 14.1. The van der Waals surface area contributed by atoms with Crippen LogP contribution in [0.3, 0.4) is 0 Å². The number of benzene rings is 1. The first-order chi connectivity index (χ1) is 9.90. The summed E-state index contributed by atoms with van der Waals surface area (Å²) in [6.07, 6.45) is 1.39. The van der Waals surface area contributed by atoms with E-state index in [1.165, 1.54) is 5.56 Å². The maximum absolute atomic E-state index is 12.5. The van der Waals surface area contributed by atoms with Crippen molar-refractivity contribution in [3.63, 3.8) is 0 Å². The van der Waals surface area contributed by atoms with E-state index in [1.807, 2.05) is 25.1 Å². The largest absolute Gasteiger partial charge is 0.324 e. The molecule has 2 heterocycles. The number of fused-ring (bicyclic) bond motifs is 1. The molecule has 1 aromatic rings. The van der Waals surface area contributed by atoms with Gasteiger partial charge in [-0.15, -0.1) is 11.8 Å². The van der Waals surface area contributed by atoms with Crippen LogP contribution < -0.4 is 5.32 Å². The molecule has 112 valence electrons. The molecule has 4 nitrogen and oxygen atoms in total. The van der Waals surface area contributed by atoms with Gasteiger partial charge < -0.3 is 10.2 Å². The second kappa shape index (κ2) is 5.46. The molecule has 0 saturated carbocycles. The summed E-state index contributed by atoms with van der Waals surface area (Å²) >= 11 is 3.97. The Hall–Kier alpha value is -0.760. The Morgan fingerprint density at radius 2 is 2.29 bits per heavy atom. The summed E-state index contributed by atoms with van der Waals surface area (Å²) in [6, 6.07) is 5.50. The number of anilines is 1. The maximum Gasteiger partial charge on any atom is 0.248 e. The third kappa shape index (κ3) is 2.67. The van der Waals surface area contributed by atoms with Gasteiger partial charge in [0.2, 0.25) is 11.8 Å². The summed E-state index contributed by atoms with van der Waals surface area (Å²) in [5.74, 6) is 0.694. The van der Waals surface area contributed by atoms with Gasteiger partial charge in [-0.2, -0.15) is 0 Å². The normalized spacial score (nSPS) is 27.9. The lowest BCUT2D eigenvalue weighted by molar-refractivity contribution is -0.135. The first kappa shape index (κ1) is 15.1. The minimum atomic E-state index is -0.353. The van der Waals surface area contributed by atoms with E-state index in [1.54, 1.807) is 16.7 Å². The Kier molecular flexibility index (Phi) is 3.94. The Bertz CT molecular complexity index is 622. The van der Waals surface area contributed by atoms with Crippen molar-refractivity contribution in [1.82, 2.24) is 4.90 Å². The predicted molar refractivity (Wildman–Crippen MR) is 93.3 cm³/mol. The summed E-state index contributed by atoms with van der Waals surface area (Å²) in [6.45, 7) is 4.10. The van der Waals surface area contributed by atoms with Gasteiger partial charge in [0, 0.05) is 21.4 Å². The Morgan fingerprint density at radius 3 is 3.00 bits per heavy atom. The summed E-state index contributed by atoms with van der Waals surface area (Å²) in [5.41, 5.74) is 1.98. The number of hydrogen-bond acceptors (Lipinski definition) is 3. The molecule has 0 aliphatic carbocycles. The van der Waals surface area contributed by atoms with Crippen molar-refractivity contribution in [2.75, 3.05) is 11.1 Å². The minimum absolute atomic E-state index is 0.0823. The smallest absolute Gasteiger partial charge is 0.248 e. The quantitative estimate of drug-likeness (QED) is 0.755. The fraction of sp³-hybridized carbons (Fsp3) is 0.467. The van der Waals surface area contributed by atoms with Gasteiger partial charge in [-0.1, -0.05) is 6.07 Å². The zero-order valence-electron chi connectivity index (χ0n) is 12.0. The van der Waals surface area contributed by atoms with Crippen LogP contribution in [0.1, 0.15) is 25.3 Å². The van der Waals surface area contributed by atoms with Gasteiger partial charge in [-0.25, -0.2) is 0 Å². The summed E-state index contributed by atoms with van der Waals surface area (Å²) in [7, 11) is 0. The second-order valence-corrected chi connectivity index (χ2v) is 8.38. The van der Waals surface area contributed by atoms with Crippen molar-refractivity contribution in [3.8, 4) is 0 Å². The lowest BCUT2D eigenvalue weighted by atomic mass is 10.2. The SMILES string of the molecule is Cc1ccc(NC(=O)C2CSC3(C)CCC(=O)N23)cc1I. The van der Waals surface area contributed by atoms with Crippen molar-refractivity contribution in [2.24, 2.45) is 0 Å². The standard InChI is InChI=1S/C15H17IN2O2S/c1-9-3-4-10(7-11(9)16)17-14(20)12-8-21-15(2)6-5-13(19)18(12)15/h3-4,7,12H,5-6,8H2,1-2H3,(H,17,20). The van der Waals surface area contributed by atoms with E-state index in [0.29, 0.717) is 12.2 Å². The monoisotopic (exact) mass is 416 g/mol. The third-order valence-corrected chi connectivity index (χ3v) is 6.85. The predicted octanol–water partition coefficient (Wildman–Crippen LogP) is 2.99. The number of carbonyl (C=O) groups is 2. The molecule has 21 heavy (non-hydrogen) atoms. The number of hydrogen-bond donors (Lipinski definition) is 1. The van der Waals surface area contributed by atoms with Gasteiger partial charge in [0.05, 0.1) is 4.87 Å². The molecule has 0 radical (unpaired) electrons. The second-order valence-electron chi connectivity index (χ2n) is 5.72. The number of thioether (sulfide) groups is 1. The number of nitrogens with one attached hydrogen (secondary N) is 1. The van der Waals surface area contributed by atoms with Crippen molar-refractivity contribution in [3.05, 3.63) is 27.3 Å². The average Bonchev–Trinajstić information content (AvgIpc) is 2.91. The number of nitrogens with zero attached hydrogens (tertiary/aromatic N) is 1. The molecule has 0 spiro atoms. The molecule has 2 fully saturated rings. The molecular formula is C15H17IN2O2S. The van der Waals surface area contributed by atoms with Crippen molar-refractivity contribution in [2.45, 2.75) is 37.6 Å². The third-order valence-electron chi connectivity index (χ3n) is 4.19. The summed E-state index contributed by atoms with van der Waals surface area (Å²) in [4.78, 5) is 26.2. The highest BCUT2D eigenvalue weighted by Gasteiger charge is 2.52. The van der Waals surface area contributed by atoms with Crippen molar-refractivity contribution in [1.29, 1.82) is 0 Å². The van der Waals surface area contributed by atoms with Crippen molar-refractivity contribution < 1.29 is 9.59 Å². The maximum atomic E-state index is 12.5. The molecule has 0 bridgehead atoms. The van der Waals surface area contributed by atoms with E-state index in [0.717, 1.165) is 15.7 Å². The number of aryl methyl sites for hydroxylation is 1. The molecule has 2 amide bonds. The number of rotatable bonds is 2. The van der Waals surface area contributed by atoms with Crippen LogP contribution in [0.25, 0.3) is 0 Å². The first-order valence-electron chi connectivity index (χ1n) is 6.94. The van der Waals surface area contributed by atoms with Gasteiger partial charge >= 0.3 is 0 Å². The van der Waals surface area contributed by atoms with E-state index in [4.69, 9.17) is 0 Å². The van der Waals surface area contributed by atoms with Gasteiger partial charge in [0.1, 0.15) is 6.04 Å². The zero-order chi connectivity index (χ0) is 15.2. The Labute approximate surface area is 142 Å². The van der Waals surface area contributed by atoms with E-state index in [2.05, 4.69) is 34.8 Å². The lowest BCUT2D eigenvalue weighted by Gasteiger charge is -2.29. The molecule has 0 aromatic heterocycles. The van der Waals surface area contributed by atoms with Crippen LogP contribution in [0.4, 0.5) is 5.69 Å². The van der Waals surface area contributed by atoms with Crippen LogP contribution in [0.15, 0.2) is 18.2 Å². The van der Waals surface area contributed by atoms with Crippen LogP contribution >= 0.6 is 34.4 Å². The molecule has 2 aliphatic heterocycles. The number of amides is 2. The number of carbonyl (C=O) groups excluding carboxylic acids is 2. The van der Waals surface area contributed by atoms with E-state index < -0.39 is 0 Å². The zero-order valence-corrected chi connectivity index (χ0v) is 15.0. The molecule has 6 heteroatoms. The minimum Gasteiger partial charge on any atom is -0.324 e. The van der Waals surface area contributed by atoms with E-state index >= 15 is 0 Å². The lowest BCUT2D eigenvalue weighted by Crippen LogP contribution is -2.48. The topological polar surface area (TPSA) is 49.4 Å². The van der Waals surface area contributed by atoms with Crippen LogP contribution in [-0.4, -0.2) is 33.4 Å². The molecule has 2 saturated heterocycles. The van der Waals surface area contributed by atoms with Gasteiger partial charge in [-0.3, -0.25) is 9.59 Å². The van der Waals surface area contributed by atoms with E-state index in [-0.39, 0.29) is 22.7 Å². The molecule has 1 aromatic carbocycles.